The second kappa shape index (κ2) is 7.24. The Bertz CT molecular complexity index is 769. The molecule has 0 saturated carbocycles. The van der Waals surface area contributed by atoms with E-state index < -0.39 is 54.2 Å². The Morgan fingerprint density at radius 3 is 2.52 bits per heavy atom. The predicted molar refractivity (Wildman–Crippen MR) is 84.8 cm³/mol. The van der Waals surface area contributed by atoms with Gasteiger partial charge in [0.25, 0.3) is 0 Å². The van der Waals surface area contributed by atoms with Crippen molar-refractivity contribution in [1.82, 2.24) is 0 Å². The number of nitro benzene ring substituents is 1. The largest absolute Gasteiger partial charge is 0.307 e. The second-order valence-electron chi connectivity index (χ2n) is 4.27. The van der Waals surface area contributed by atoms with E-state index in [1.165, 1.54) is 0 Å². The zero-order valence-corrected chi connectivity index (χ0v) is 14.0. The van der Waals surface area contributed by atoms with E-state index in [4.69, 9.17) is 23.2 Å². The van der Waals surface area contributed by atoms with Crippen LogP contribution in [0.1, 0.15) is 6.92 Å². The van der Waals surface area contributed by atoms with E-state index in [2.05, 4.69) is 6.58 Å². The molecule has 0 fully saturated rings. The molecule has 0 N–H and O–H groups in total. The molecule has 0 spiro atoms. The molecule has 0 bridgehead atoms. The van der Waals surface area contributed by atoms with Gasteiger partial charge >= 0.3 is 5.69 Å². The molecule has 126 valence electrons. The average Bonchev–Trinajstić information content (AvgIpc) is 2.41. The van der Waals surface area contributed by atoms with Crippen molar-refractivity contribution in [2.75, 3.05) is 10.2 Å². The van der Waals surface area contributed by atoms with Gasteiger partial charge in [-0.15, -0.1) is 18.2 Å². The summed E-state index contributed by atoms with van der Waals surface area (Å²) in [6, 6.07) is 1.13. The maximum atomic E-state index is 13.5. The summed E-state index contributed by atoms with van der Waals surface area (Å²) in [6.45, 7) is 4.23. The minimum absolute atomic E-state index is 0.247. The summed E-state index contributed by atoms with van der Waals surface area (Å²) < 4.78 is 38.7. The highest BCUT2D eigenvalue weighted by Crippen LogP contribution is 2.35. The topological polar surface area (TPSA) is 97.6 Å². The standard InChI is InChI=1S/C12H11Cl2FN2O5S/c1-3-8(6-13)23(21,22)16(7(2)18)11-5-12(17(19)20)10(15)4-9(11)14/h3-5,8H,1,6H2,2H3. The van der Waals surface area contributed by atoms with Gasteiger partial charge in [-0.05, 0) is 0 Å². The van der Waals surface area contributed by atoms with Crippen LogP contribution in [0.4, 0.5) is 15.8 Å². The first-order valence-corrected chi connectivity index (χ1v) is 8.36. The van der Waals surface area contributed by atoms with Crippen molar-refractivity contribution in [3.8, 4) is 0 Å². The SMILES string of the molecule is C=CC(CCl)S(=O)(=O)N(C(C)=O)c1cc([N+](=O)[O-])c(F)cc1Cl. The number of hydrogen-bond acceptors (Lipinski definition) is 5. The first kappa shape index (κ1) is 19.3. The maximum absolute atomic E-state index is 13.5. The quantitative estimate of drug-likeness (QED) is 0.325. The Morgan fingerprint density at radius 2 is 2.13 bits per heavy atom. The minimum Gasteiger partial charge on any atom is -0.274 e. The lowest BCUT2D eigenvalue weighted by molar-refractivity contribution is -0.387. The van der Waals surface area contributed by atoms with E-state index in [1.54, 1.807) is 0 Å². The van der Waals surface area contributed by atoms with Crippen LogP contribution in [0.2, 0.25) is 5.02 Å². The third kappa shape index (κ3) is 3.80. The molecular weight excluding hydrogens is 374 g/mol. The third-order valence-electron chi connectivity index (χ3n) is 2.77. The Labute approximate surface area is 141 Å². The van der Waals surface area contributed by atoms with E-state index in [0.717, 1.165) is 13.0 Å². The lowest BCUT2D eigenvalue weighted by Gasteiger charge is -2.25. The van der Waals surface area contributed by atoms with E-state index in [-0.39, 0.29) is 4.31 Å². The van der Waals surface area contributed by atoms with Gasteiger partial charge in [0, 0.05) is 24.9 Å². The van der Waals surface area contributed by atoms with Crippen LogP contribution in [0.15, 0.2) is 24.8 Å². The van der Waals surface area contributed by atoms with E-state index in [0.29, 0.717) is 12.1 Å². The van der Waals surface area contributed by atoms with Gasteiger partial charge in [-0.3, -0.25) is 14.9 Å². The fourth-order valence-electron chi connectivity index (χ4n) is 1.71. The monoisotopic (exact) mass is 384 g/mol. The average molecular weight is 385 g/mol. The van der Waals surface area contributed by atoms with Gasteiger partial charge in [0.15, 0.2) is 0 Å². The Morgan fingerprint density at radius 1 is 1.57 bits per heavy atom. The number of benzene rings is 1. The highest BCUT2D eigenvalue weighted by atomic mass is 35.5. The Balaban J connectivity index is 3.67. The van der Waals surface area contributed by atoms with Crippen LogP contribution < -0.4 is 4.31 Å². The van der Waals surface area contributed by atoms with Crippen LogP contribution in [-0.4, -0.2) is 30.4 Å². The van der Waals surface area contributed by atoms with Crippen molar-refractivity contribution < 1.29 is 22.5 Å². The summed E-state index contributed by atoms with van der Waals surface area (Å²) in [5, 5.41) is 8.98. The number of sulfonamides is 1. The summed E-state index contributed by atoms with van der Waals surface area (Å²) >= 11 is 11.3. The fraction of sp³-hybridized carbons (Fsp3) is 0.250. The van der Waals surface area contributed by atoms with Crippen LogP contribution in [0, 0.1) is 15.9 Å². The van der Waals surface area contributed by atoms with E-state index in [9.17, 15) is 27.7 Å². The molecule has 1 aromatic carbocycles. The number of rotatable bonds is 6. The van der Waals surface area contributed by atoms with Crippen molar-refractivity contribution in [3.63, 3.8) is 0 Å². The maximum Gasteiger partial charge on any atom is 0.307 e. The lowest BCUT2D eigenvalue weighted by atomic mass is 10.2. The molecule has 0 aromatic heterocycles. The number of alkyl halides is 1. The first-order chi connectivity index (χ1) is 10.6. The lowest BCUT2D eigenvalue weighted by Crippen LogP contribution is -2.42. The van der Waals surface area contributed by atoms with Crippen LogP contribution in [0.3, 0.4) is 0 Å². The molecule has 1 rings (SSSR count). The van der Waals surface area contributed by atoms with E-state index in [1.807, 2.05) is 0 Å². The summed E-state index contributed by atoms with van der Waals surface area (Å²) in [7, 11) is -4.39. The molecule has 0 aliphatic carbocycles. The van der Waals surface area contributed by atoms with Crippen LogP contribution in [-0.2, 0) is 14.8 Å². The number of hydrogen-bond donors (Lipinski definition) is 0. The van der Waals surface area contributed by atoms with Crippen molar-refractivity contribution in [1.29, 1.82) is 0 Å². The number of anilines is 1. The molecule has 23 heavy (non-hydrogen) atoms. The summed E-state index contributed by atoms with van der Waals surface area (Å²) in [5.74, 6) is -2.66. The molecule has 0 aliphatic rings. The number of nitro groups is 1. The molecule has 11 heteroatoms. The smallest absolute Gasteiger partial charge is 0.274 e. The zero-order chi connectivity index (χ0) is 17.9. The van der Waals surface area contributed by atoms with Crippen molar-refractivity contribution in [2.24, 2.45) is 0 Å². The molecule has 1 amide bonds. The molecule has 1 atom stereocenters. The summed E-state index contributed by atoms with van der Waals surface area (Å²) in [5.41, 5.74) is -1.56. The number of carbonyl (C=O) groups excluding carboxylic acids is 1. The molecule has 0 heterocycles. The Hall–Kier alpha value is -1.71. The molecule has 0 aliphatic heterocycles. The van der Waals surface area contributed by atoms with Crippen LogP contribution >= 0.6 is 23.2 Å². The van der Waals surface area contributed by atoms with Gasteiger partial charge in [0.2, 0.25) is 21.7 Å². The van der Waals surface area contributed by atoms with Gasteiger partial charge < -0.3 is 0 Å². The van der Waals surface area contributed by atoms with Crippen molar-refractivity contribution in [2.45, 2.75) is 12.2 Å². The minimum atomic E-state index is -4.39. The number of nitrogens with zero attached hydrogens (tertiary/aromatic N) is 2. The summed E-state index contributed by atoms with van der Waals surface area (Å²) in [6.07, 6.45) is 1.00. The highest BCUT2D eigenvalue weighted by Gasteiger charge is 2.35. The van der Waals surface area contributed by atoms with Gasteiger partial charge in [0.1, 0.15) is 5.25 Å². The highest BCUT2D eigenvalue weighted by molar-refractivity contribution is 7.94. The van der Waals surface area contributed by atoms with Crippen LogP contribution in [0.25, 0.3) is 0 Å². The number of carbonyl (C=O) groups is 1. The zero-order valence-electron chi connectivity index (χ0n) is 11.7. The second-order valence-corrected chi connectivity index (χ2v) is 6.99. The molecule has 0 radical (unpaired) electrons. The molecule has 7 nitrogen and oxygen atoms in total. The van der Waals surface area contributed by atoms with Crippen molar-refractivity contribution >= 4 is 50.5 Å². The first-order valence-electron chi connectivity index (χ1n) is 5.94. The van der Waals surface area contributed by atoms with Crippen LogP contribution in [0.5, 0.6) is 0 Å². The number of amides is 1. The predicted octanol–water partition coefficient (Wildman–Crippen LogP) is 2.86. The van der Waals surface area contributed by atoms with Gasteiger partial charge in [-0.2, -0.15) is 4.39 Å². The van der Waals surface area contributed by atoms with E-state index >= 15 is 0 Å². The molecule has 1 aromatic rings. The van der Waals surface area contributed by atoms with Crippen molar-refractivity contribution in [3.05, 3.63) is 45.7 Å². The van der Waals surface area contributed by atoms with Gasteiger partial charge in [0.05, 0.1) is 15.6 Å². The molecular formula is C12H11Cl2FN2O5S. The number of halogens is 3. The fourth-order valence-corrected chi connectivity index (χ4v) is 4.05. The normalized spacial score (nSPS) is 12.5. The molecule has 0 saturated heterocycles. The molecule has 1 unspecified atom stereocenters. The van der Waals surface area contributed by atoms with Gasteiger partial charge in [-0.25, -0.2) is 12.7 Å². The van der Waals surface area contributed by atoms with Gasteiger partial charge in [-0.1, -0.05) is 17.7 Å². The summed E-state index contributed by atoms with van der Waals surface area (Å²) in [4.78, 5) is 21.5. The third-order valence-corrected chi connectivity index (χ3v) is 5.68. The Kier molecular flexibility index (Phi) is 6.09.